The molecule has 0 aliphatic carbocycles. The van der Waals surface area contributed by atoms with Crippen molar-refractivity contribution in [3.8, 4) is 0 Å². The predicted octanol–water partition coefficient (Wildman–Crippen LogP) is 4.79. The number of aromatic amines is 1. The van der Waals surface area contributed by atoms with Crippen molar-refractivity contribution in [3.63, 3.8) is 0 Å². The van der Waals surface area contributed by atoms with E-state index in [2.05, 4.69) is 15.6 Å². The van der Waals surface area contributed by atoms with Crippen LogP contribution in [0, 0.1) is 0 Å². The molecule has 0 radical (unpaired) electrons. The molecule has 2 aliphatic heterocycles. The molecule has 2 N–H and O–H groups in total. The van der Waals surface area contributed by atoms with Crippen molar-refractivity contribution in [2.24, 2.45) is 0 Å². The molecule has 1 atom stereocenters. The van der Waals surface area contributed by atoms with Crippen molar-refractivity contribution in [1.82, 2.24) is 20.6 Å². The Morgan fingerprint density at radius 2 is 2.00 bits per heavy atom. The summed E-state index contributed by atoms with van der Waals surface area (Å²) in [5.74, 6) is 0. The second kappa shape index (κ2) is 6.07. The molecule has 1 aromatic carbocycles. The monoisotopic (exact) mass is 402 g/mol. The lowest BCUT2D eigenvalue weighted by Crippen LogP contribution is -2.44. The Kier molecular flexibility index (Phi) is 4.04. The van der Waals surface area contributed by atoms with Gasteiger partial charge in [-0.3, -0.25) is 10.1 Å². The first kappa shape index (κ1) is 18.0. The summed E-state index contributed by atoms with van der Waals surface area (Å²) in [6.07, 6.45) is -3.80. The van der Waals surface area contributed by atoms with Crippen molar-refractivity contribution < 1.29 is 22.0 Å². The van der Waals surface area contributed by atoms with Crippen molar-refractivity contribution in [1.29, 1.82) is 0 Å². The minimum atomic E-state index is -4.56. The van der Waals surface area contributed by atoms with Crippen LogP contribution in [0.2, 0.25) is 5.02 Å². The van der Waals surface area contributed by atoms with Gasteiger partial charge >= 0.3 is 6.18 Å². The number of allylic oxidation sites excluding steroid dienone is 3. The standard InChI is InChI=1S/C17H12ClF5N4/c1-7-2-10(16(19)20)15(27-12(7)5-13(26-27)17(21,22)23)8-3-9-6-24-25-14(9)11(18)4-8/h2-6,13,16,26H,1H3,(H,24,25). The average Bonchev–Trinajstić information content (AvgIpc) is 3.20. The Bertz CT molecular complexity index is 1020. The van der Waals surface area contributed by atoms with E-state index in [0.717, 1.165) is 11.1 Å². The third kappa shape index (κ3) is 2.90. The number of H-pyrrole nitrogens is 1. The number of alkyl halides is 5. The number of aromatic nitrogens is 2. The van der Waals surface area contributed by atoms with Gasteiger partial charge in [0.1, 0.15) is 6.04 Å². The third-order valence-electron chi connectivity index (χ3n) is 4.47. The Morgan fingerprint density at radius 3 is 2.67 bits per heavy atom. The van der Waals surface area contributed by atoms with E-state index in [0.29, 0.717) is 16.5 Å². The zero-order valence-electron chi connectivity index (χ0n) is 13.7. The summed E-state index contributed by atoms with van der Waals surface area (Å²) >= 11 is 6.19. The Morgan fingerprint density at radius 1 is 1.26 bits per heavy atom. The number of fused-ring (bicyclic) bond motifs is 2. The Balaban J connectivity index is 1.92. The highest BCUT2D eigenvalue weighted by molar-refractivity contribution is 6.35. The summed E-state index contributed by atoms with van der Waals surface area (Å²) in [5.41, 5.74) is 3.08. The van der Waals surface area contributed by atoms with Crippen LogP contribution in [0.4, 0.5) is 22.0 Å². The highest BCUT2D eigenvalue weighted by atomic mass is 35.5. The van der Waals surface area contributed by atoms with Gasteiger partial charge in [-0.05, 0) is 36.8 Å². The fraction of sp³-hybridized carbons (Fsp3) is 0.235. The van der Waals surface area contributed by atoms with E-state index < -0.39 is 18.6 Å². The second-order valence-corrected chi connectivity index (χ2v) is 6.67. The lowest BCUT2D eigenvalue weighted by atomic mass is 9.97. The summed E-state index contributed by atoms with van der Waals surface area (Å²) in [5, 5.41) is 8.38. The quantitative estimate of drug-likeness (QED) is 0.710. The molecule has 4 nitrogen and oxygen atoms in total. The first-order valence-corrected chi connectivity index (χ1v) is 8.23. The van der Waals surface area contributed by atoms with Gasteiger partial charge in [0.2, 0.25) is 0 Å². The van der Waals surface area contributed by atoms with Crippen LogP contribution in [0.1, 0.15) is 12.5 Å². The average molecular weight is 403 g/mol. The fourth-order valence-corrected chi connectivity index (χ4v) is 3.53. The van der Waals surface area contributed by atoms with E-state index in [1.165, 1.54) is 25.3 Å². The summed E-state index contributed by atoms with van der Waals surface area (Å²) in [6, 6.07) is 1.00. The maximum absolute atomic E-state index is 13.7. The number of nitrogens with zero attached hydrogens (tertiary/aromatic N) is 2. The van der Waals surface area contributed by atoms with Gasteiger partial charge < -0.3 is 0 Å². The molecule has 0 spiro atoms. The molecule has 0 saturated heterocycles. The molecule has 0 bridgehead atoms. The minimum Gasteiger partial charge on any atom is -0.276 e. The molecule has 142 valence electrons. The maximum atomic E-state index is 13.7. The van der Waals surface area contributed by atoms with Crippen LogP contribution in [-0.4, -0.2) is 33.8 Å². The van der Waals surface area contributed by atoms with Crippen LogP contribution < -0.4 is 5.43 Å². The molecule has 2 aromatic rings. The van der Waals surface area contributed by atoms with Gasteiger partial charge in [0.05, 0.1) is 28.1 Å². The number of hydrazine groups is 1. The Labute approximate surface area is 154 Å². The van der Waals surface area contributed by atoms with Crippen LogP contribution in [0.25, 0.3) is 16.6 Å². The number of halogens is 6. The van der Waals surface area contributed by atoms with Gasteiger partial charge in [0.15, 0.2) is 0 Å². The second-order valence-electron chi connectivity index (χ2n) is 6.26. The van der Waals surface area contributed by atoms with Gasteiger partial charge in [-0.2, -0.15) is 18.3 Å². The number of nitrogens with one attached hydrogen (secondary N) is 2. The predicted molar refractivity (Wildman–Crippen MR) is 90.7 cm³/mol. The first-order valence-electron chi connectivity index (χ1n) is 7.85. The summed E-state index contributed by atoms with van der Waals surface area (Å²) in [7, 11) is 0. The van der Waals surface area contributed by atoms with Gasteiger partial charge in [-0.25, -0.2) is 14.2 Å². The molecule has 3 heterocycles. The molecule has 0 amide bonds. The van der Waals surface area contributed by atoms with Crippen LogP contribution in [0.5, 0.6) is 0 Å². The molecule has 1 unspecified atom stereocenters. The van der Waals surface area contributed by atoms with Crippen LogP contribution in [0.15, 0.2) is 47.3 Å². The number of hydrogen-bond donors (Lipinski definition) is 2. The van der Waals surface area contributed by atoms with Crippen LogP contribution in [0.3, 0.4) is 0 Å². The van der Waals surface area contributed by atoms with Gasteiger partial charge in [0.25, 0.3) is 6.43 Å². The number of rotatable bonds is 2. The largest absolute Gasteiger partial charge is 0.409 e. The van der Waals surface area contributed by atoms with Crippen molar-refractivity contribution >= 4 is 28.2 Å². The molecule has 4 rings (SSSR count). The zero-order chi connectivity index (χ0) is 19.5. The minimum absolute atomic E-state index is 0.0707. The normalized spacial score (nSPS) is 20.4. The van der Waals surface area contributed by atoms with Crippen molar-refractivity contribution in [3.05, 3.63) is 57.9 Å². The first-order chi connectivity index (χ1) is 12.7. The van der Waals surface area contributed by atoms with Crippen molar-refractivity contribution in [2.75, 3.05) is 0 Å². The third-order valence-corrected chi connectivity index (χ3v) is 4.77. The van der Waals surface area contributed by atoms with E-state index in [1.807, 2.05) is 0 Å². The van der Waals surface area contributed by atoms with E-state index >= 15 is 0 Å². The molecule has 0 fully saturated rings. The molecule has 1 aromatic heterocycles. The van der Waals surface area contributed by atoms with Crippen LogP contribution in [-0.2, 0) is 0 Å². The SMILES string of the molecule is CC1=CC(C(F)F)=C(c2cc(Cl)c3[nH]ncc3c2)N2NC(C(F)(F)F)C=C12. The van der Waals surface area contributed by atoms with Gasteiger partial charge in [-0.15, -0.1) is 0 Å². The zero-order valence-corrected chi connectivity index (χ0v) is 14.5. The molecular formula is C17H12ClF5N4. The van der Waals surface area contributed by atoms with E-state index in [1.54, 1.807) is 6.07 Å². The molecule has 10 heteroatoms. The smallest absolute Gasteiger partial charge is 0.276 e. The lowest BCUT2D eigenvalue weighted by molar-refractivity contribution is -0.147. The maximum Gasteiger partial charge on any atom is 0.409 e. The van der Waals surface area contributed by atoms with Crippen molar-refractivity contribution in [2.45, 2.75) is 25.6 Å². The molecule has 2 aliphatic rings. The fourth-order valence-electron chi connectivity index (χ4n) is 3.26. The number of benzene rings is 1. The molecule has 27 heavy (non-hydrogen) atoms. The lowest BCUT2D eigenvalue weighted by Gasteiger charge is -2.32. The summed E-state index contributed by atoms with van der Waals surface area (Å²) in [4.78, 5) is 0. The van der Waals surface area contributed by atoms with Gasteiger partial charge in [0, 0.05) is 16.5 Å². The number of hydrogen-bond acceptors (Lipinski definition) is 3. The summed E-state index contributed by atoms with van der Waals surface area (Å²) in [6.45, 7) is 1.49. The summed E-state index contributed by atoms with van der Waals surface area (Å²) < 4.78 is 67.0. The van der Waals surface area contributed by atoms with E-state index in [4.69, 9.17) is 11.6 Å². The highest BCUT2D eigenvalue weighted by Crippen LogP contribution is 2.42. The molecular weight excluding hydrogens is 391 g/mol. The highest BCUT2D eigenvalue weighted by Gasteiger charge is 2.45. The molecule has 0 saturated carbocycles. The van der Waals surface area contributed by atoms with Gasteiger partial charge in [-0.1, -0.05) is 11.6 Å². The van der Waals surface area contributed by atoms with E-state index in [-0.39, 0.29) is 27.6 Å². The van der Waals surface area contributed by atoms with E-state index in [9.17, 15) is 22.0 Å². The topological polar surface area (TPSA) is 44.0 Å². The Hall–Kier alpha value is -2.39. The van der Waals surface area contributed by atoms with Crippen LogP contribution >= 0.6 is 11.6 Å².